The Hall–Kier alpha value is -2.83. The highest BCUT2D eigenvalue weighted by atomic mass is 16.5. The second-order valence-electron chi connectivity index (χ2n) is 6.80. The van der Waals surface area contributed by atoms with Gasteiger partial charge in [0.05, 0.1) is 26.6 Å². The van der Waals surface area contributed by atoms with E-state index in [-0.39, 0.29) is 5.91 Å². The second kappa shape index (κ2) is 8.70. The van der Waals surface area contributed by atoms with Crippen LogP contribution in [0.15, 0.2) is 30.6 Å². The van der Waals surface area contributed by atoms with E-state index in [2.05, 4.69) is 22.2 Å². The first-order chi connectivity index (χ1) is 13.1. The molecule has 0 atom stereocenters. The molecule has 0 radical (unpaired) electrons. The third-order valence-electron chi connectivity index (χ3n) is 4.86. The highest BCUT2D eigenvalue weighted by Crippen LogP contribution is 2.27. The number of hydrogen-bond acceptors (Lipinski definition) is 6. The minimum absolute atomic E-state index is 0.0409. The molecule has 0 bridgehead atoms. The number of aromatic nitrogens is 2. The van der Waals surface area contributed by atoms with Crippen molar-refractivity contribution >= 4 is 11.7 Å². The Morgan fingerprint density at radius 1 is 1.15 bits per heavy atom. The van der Waals surface area contributed by atoms with Crippen molar-refractivity contribution in [2.24, 2.45) is 5.92 Å². The van der Waals surface area contributed by atoms with Gasteiger partial charge in [-0.1, -0.05) is 13.0 Å². The topological polar surface area (TPSA) is 76.6 Å². The third-order valence-corrected chi connectivity index (χ3v) is 4.86. The zero-order valence-electron chi connectivity index (χ0n) is 16.1. The molecular weight excluding hydrogens is 344 g/mol. The zero-order valence-corrected chi connectivity index (χ0v) is 16.1. The molecule has 3 rings (SSSR count). The third kappa shape index (κ3) is 4.67. The summed E-state index contributed by atoms with van der Waals surface area (Å²) in [5.41, 5.74) is 1.42. The molecule has 0 aliphatic carbocycles. The number of carbonyl (C=O) groups is 1. The molecule has 1 aliphatic heterocycles. The summed E-state index contributed by atoms with van der Waals surface area (Å²) in [6, 6.07) is 5.73. The molecule has 0 saturated carbocycles. The molecule has 27 heavy (non-hydrogen) atoms. The van der Waals surface area contributed by atoms with Crippen LogP contribution in [0.2, 0.25) is 0 Å². The Balaban J connectivity index is 1.58. The van der Waals surface area contributed by atoms with E-state index >= 15 is 0 Å². The fourth-order valence-electron chi connectivity index (χ4n) is 3.09. The van der Waals surface area contributed by atoms with E-state index in [4.69, 9.17) is 9.47 Å². The van der Waals surface area contributed by atoms with Crippen LogP contribution in [0, 0.1) is 5.92 Å². The maximum atomic E-state index is 12.5. The molecule has 1 N–H and O–H groups in total. The summed E-state index contributed by atoms with van der Waals surface area (Å²) < 4.78 is 10.6. The van der Waals surface area contributed by atoms with E-state index in [1.54, 1.807) is 20.4 Å². The summed E-state index contributed by atoms with van der Waals surface area (Å²) in [5, 5.41) is 3.21. The molecule has 0 unspecified atom stereocenters. The molecule has 2 aromatic rings. The van der Waals surface area contributed by atoms with Crippen molar-refractivity contribution in [1.82, 2.24) is 14.9 Å². The van der Waals surface area contributed by atoms with Crippen molar-refractivity contribution in [2.75, 3.05) is 32.6 Å². The van der Waals surface area contributed by atoms with Gasteiger partial charge in [-0.15, -0.1) is 0 Å². The Bertz CT molecular complexity index is 771. The van der Waals surface area contributed by atoms with Crippen LogP contribution in [0.4, 0.5) is 5.82 Å². The average Bonchev–Trinajstić information content (AvgIpc) is 2.72. The normalized spacial score (nSPS) is 14.7. The van der Waals surface area contributed by atoms with Crippen LogP contribution in [0.1, 0.15) is 35.8 Å². The molecule has 7 nitrogen and oxygen atoms in total. The minimum atomic E-state index is -0.0409. The number of methoxy groups -OCH3 is 2. The zero-order chi connectivity index (χ0) is 19.2. The van der Waals surface area contributed by atoms with E-state index in [1.165, 1.54) is 6.20 Å². The van der Waals surface area contributed by atoms with Gasteiger partial charge in [0.25, 0.3) is 5.91 Å². The number of piperidine rings is 1. The van der Waals surface area contributed by atoms with Crippen LogP contribution in [0.25, 0.3) is 0 Å². The molecule has 1 aliphatic rings. The van der Waals surface area contributed by atoms with E-state index in [0.717, 1.165) is 31.5 Å². The SMILES string of the molecule is COc1ccc(CNc2cnc(C(=O)N3CCC(C)CC3)cn2)cc1OC. The number of anilines is 1. The smallest absolute Gasteiger partial charge is 0.274 e. The maximum Gasteiger partial charge on any atom is 0.274 e. The van der Waals surface area contributed by atoms with Crippen LogP contribution in [-0.2, 0) is 6.54 Å². The second-order valence-corrected chi connectivity index (χ2v) is 6.80. The Labute approximate surface area is 159 Å². The fourth-order valence-corrected chi connectivity index (χ4v) is 3.09. The van der Waals surface area contributed by atoms with Crippen LogP contribution < -0.4 is 14.8 Å². The summed E-state index contributed by atoms with van der Waals surface area (Å²) >= 11 is 0. The lowest BCUT2D eigenvalue weighted by Crippen LogP contribution is -2.38. The lowest BCUT2D eigenvalue weighted by molar-refractivity contribution is 0.0691. The molecular formula is C20H26N4O3. The summed E-state index contributed by atoms with van der Waals surface area (Å²) in [6.07, 6.45) is 5.23. The molecule has 1 amide bonds. The summed E-state index contributed by atoms with van der Waals surface area (Å²) in [4.78, 5) is 23.0. The van der Waals surface area contributed by atoms with Gasteiger partial charge < -0.3 is 19.7 Å². The van der Waals surface area contributed by atoms with Gasteiger partial charge in [-0.05, 0) is 36.5 Å². The molecule has 1 aromatic carbocycles. The molecule has 0 spiro atoms. The number of nitrogens with zero attached hydrogens (tertiary/aromatic N) is 3. The first-order valence-corrected chi connectivity index (χ1v) is 9.16. The monoisotopic (exact) mass is 370 g/mol. The van der Waals surface area contributed by atoms with Crippen molar-refractivity contribution in [2.45, 2.75) is 26.3 Å². The number of nitrogens with one attached hydrogen (secondary N) is 1. The first kappa shape index (κ1) is 18.9. The van der Waals surface area contributed by atoms with Gasteiger partial charge in [0, 0.05) is 19.6 Å². The largest absolute Gasteiger partial charge is 0.493 e. The van der Waals surface area contributed by atoms with Crippen LogP contribution in [-0.4, -0.2) is 48.1 Å². The molecule has 144 valence electrons. The summed E-state index contributed by atoms with van der Waals surface area (Å²) in [6.45, 7) is 4.37. The highest BCUT2D eigenvalue weighted by molar-refractivity contribution is 5.92. The van der Waals surface area contributed by atoms with Gasteiger partial charge in [0.15, 0.2) is 11.5 Å². The van der Waals surface area contributed by atoms with E-state index in [0.29, 0.717) is 35.5 Å². The molecule has 1 aromatic heterocycles. The molecule has 2 heterocycles. The van der Waals surface area contributed by atoms with E-state index in [1.807, 2.05) is 23.1 Å². The lowest BCUT2D eigenvalue weighted by Gasteiger charge is -2.29. The van der Waals surface area contributed by atoms with Gasteiger partial charge in [-0.3, -0.25) is 4.79 Å². The van der Waals surface area contributed by atoms with Gasteiger partial charge in [-0.25, -0.2) is 9.97 Å². The Kier molecular flexibility index (Phi) is 6.11. The first-order valence-electron chi connectivity index (χ1n) is 9.16. The number of likely N-dealkylation sites (tertiary alicyclic amines) is 1. The number of hydrogen-bond donors (Lipinski definition) is 1. The number of ether oxygens (including phenoxy) is 2. The number of rotatable bonds is 6. The predicted molar refractivity (Wildman–Crippen MR) is 103 cm³/mol. The van der Waals surface area contributed by atoms with Crippen molar-refractivity contribution in [1.29, 1.82) is 0 Å². The number of amides is 1. The van der Waals surface area contributed by atoms with Crippen LogP contribution >= 0.6 is 0 Å². The van der Waals surface area contributed by atoms with Crippen molar-refractivity contribution in [3.63, 3.8) is 0 Å². The van der Waals surface area contributed by atoms with E-state index in [9.17, 15) is 4.79 Å². The standard InChI is InChI=1S/C20H26N4O3/c1-14-6-8-24(9-7-14)20(25)16-12-23-19(13-21-16)22-11-15-4-5-17(26-2)18(10-15)27-3/h4-5,10,12-14H,6-9,11H2,1-3H3,(H,22,23). The van der Waals surface area contributed by atoms with Gasteiger partial charge in [0.2, 0.25) is 0 Å². The average molecular weight is 370 g/mol. The maximum absolute atomic E-state index is 12.5. The van der Waals surface area contributed by atoms with Crippen molar-refractivity contribution in [3.8, 4) is 11.5 Å². The van der Waals surface area contributed by atoms with Gasteiger partial charge in [-0.2, -0.15) is 0 Å². The molecule has 1 saturated heterocycles. The van der Waals surface area contributed by atoms with Gasteiger partial charge in [0.1, 0.15) is 11.5 Å². The van der Waals surface area contributed by atoms with Crippen molar-refractivity contribution < 1.29 is 14.3 Å². The van der Waals surface area contributed by atoms with Crippen LogP contribution in [0.5, 0.6) is 11.5 Å². The Morgan fingerprint density at radius 3 is 2.52 bits per heavy atom. The predicted octanol–water partition coefficient (Wildman–Crippen LogP) is 2.98. The van der Waals surface area contributed by atoms with E-state index < -0.39 is 0 Å². The van der Waals surface area contributed by atoms with Crippen molar-refractivity contribution in [3.05, 3.63) is 41.9 Å². The quantitative estimate of drug-likeness (QED) is 0.842. The minimum Gasteiger partial charge on any atom is -0.493 e. The van der Waals surface area contributed by atoms with Crippen LogP contribution in [0.3, 0.4) is 0 Å². The summed E-state index contributed by atoms with van der Waals surface area (Å²) in [7, 11) is 3.22. The fraction of sp³-hybridized carbons (Fsp3) is 0.450. The lowest BCUT2D eigenvalue weighted by atomic mass is 9.99. The number of carbonyl (C=O) groups excluding carboxylic acids is 1. The number of benzene rings is 1. The summed E-state index contributed by atoms with van der Waals surface area (Å²) in [5.74, 6) is 2.63. The highest BCUT2D eigenvalue weighted by Gasteiger charge is 2.22. The van der Waals surface area contributed by atoms with Gasteiger partial charge >= 0.3 is 0 Å². The molecule has 7 heteroatoms. The Morgan fingerprint density at radius 2 is 1.89 bits per heavy atom. The molecule has 1 fully saturated rings.